The van der Waals surface area contributed by atoms with Crippen molar-refractivity contribution < 1.29 is 4.39 Å². The van der Waals surface area contributed by atoms with Gasteiger partial charge < -0.3 is 0 Å². The van der Waals surface area contributed by atoms with Crippen LogP contribution >= 0.6 is 0 Å². The molecule has 2 atom stereocenters. The molecule has 0 aliphatic carbocycles. The minimum absolute atomic E-state index is 0.113. The minimum atomic E-state index is -0.113. The fourth-order valence-corrected chi connectivity index (χ4v) is 2.24. The number of alkyl halides is 1. The molecular formula is C13H27F. The van der Waals surface area contributed by atoms with Crippen LogP contribution in [-0.4, -0.2) is 6.67 Å². The molecule has 0 spiro atoms. The standard InChI is InChI=1S/C13H27F/c1-4-7-8-10-12(6-3)13(11-14)9-5-2/h12-13H,4-11H2,1-3H3/t12-,13-/m1/s1. The third kappa shape index (κ3) is 5.62. The van der Waals surface area contributed by atoms with Crippen LogP contribution in [0.25, 0.3) is 0 Å². The van der Waals surface area contributed by atoms with E-state index in [1.807, 2.05) is 0 Å². The molecule has 0 rings (SSSR count). The summed E-state index contributed by atoms with van der Waals surface area (Å²) in [7, 11) is 0. The van der Waals surface area contributed by atoms with Gasteiger partial charge in [0.15, 0.2) is 0 Å². The van der Waals surface area contributed by atoms with Crippen molar-refractivity contribution in [1.82, 2.24) is 0 Å². The molecule has 0 unspecified atom stereocenters. The van der Waals surface area contributed by atoms with Crippen LogP contribution < -0.4 is 0 Å². The van der Waals surface area contributed by atoms with Crippen molar-refractivity contribution in [2.75, 3.05) is 6.67 Å². The second-order valence-electron chi connectivity index (χ2n) is 4.37. The van der Waals surface area contributed by atoms with Crippen molar-refractivity contribution in [1.29, 1.82) is 0 Å². The smallest absolute Gasteiger partial charge is 0.0925 e. The molecule has 0 aromatic rings. The van der Waals surface area contributed by atoms with E-state index in [-0.39, 0.29) is 6.67 Å². The Kier molecular flexibility index (Phi) is 9.44. The first-order valence-corrected chi connectivity index (χ1v) is 6.35. The molecule has 0 aromatic carbocycles. The summed E-state index contributed by atoms with van der Waals surface area (Å²) in [6.07, 6.45) is 8.44. The third-order valence-corrected chi connectivity index (χ3v) is 3.23. The second-order valence-corrected chi connectivity index (χ2v) is 4.37. The molecule has 1 heteroatoms. The molecule has 0 heterocycles. The molecule has 0 bridgehead atoms. The first-order valence-electron chi connectivity index (χ1n) is 6.35. The predicted octanol–water partition coefficient (Wildman–Crippen LogP) is 4.98. The van der Waals surface area contributed by atoms with Crippen LogP contribution in [0.5, 0.6) is 0 Å². The SMILES string of the molecule is CCCCC[C@@H](CC)[C@@H](CF)CCC. The van der Waals surface area contributed by atoms with E-state index in [9.17, 15) is 4.39 Å². The summed E-state index contributed by atoms with van der Waals surface area (Å²) in [5.74, 6) is 0.966. The van der Waals surface area contributed by atoms with Crippen LogP contribution in [0.2, 0.25) is 0 Å². The fourth-order valence-electron chi connectivity index (χ4n) is 2.24. The molecule has 0 aliphatic rings. The zero-order valence-corrected chi connectivity index (χ0v) is 10.2. The van der Waals surface area contributed by atoms with Crippen LogP contribution in [0, 0.1) is 11.8 Å². The molecule has 0 radical (unpaired) electrons. The van der Waals surface area contributed by atoms with Gasteiger partial charge in [-0.1, -0.05) is 59.3 Å². The van der Waals surface area contributed by atoms with E-state index in [0.29, 0.717) is 11.8 Å². The van der Waals surface area contributed by atoms with Gasteiger partial charge in [0.1, 0.15) is 0 Å². The highest BCUT2D eigenvalue weighted by atomic mass is 19.1. The number of hydrogen-bond donors (Lipinski definition) is 0. The van der Waals surface area contributed by atoms with E-state index in [1.165, 1.54) is 25.7 Å². The molecule has 0 nitrogen and oxygen atoms in total. The van der Waals surface area contributed by atoms with Gasteiger partial charge in [0, 0.05) is 0 Å². The Labute approximate surface area is 89.3 Å². The lowest BCUT2D eigenvalue weighted by Gasteiger charge is -2.23. The summed E-state index contributed by atoms with van der Waals surface area (Å²) in [5, 5.41) is 0. The number of unbranched alkanes of at least 4 members (excludes halogenated alkanes) is 2. The van der Waals surface area contributed by atoms with Crippen LogP contribution in [0.3, 0.4) is 0 Å². The van der Waals surface area contributed by atoms with Crippen LogP contribution in [0.4, 0.5) is 4.39 Å². The highest BCUT2D eigenvalue weighted by Crippen LogP contribution is 2.26. The quantitative estimate of drug-likeness (QED) is 0.463. The summed E-state index contributed by atoms with van der Waals surface area (Å²) in [4.78, 5) is 0. The fraction of sp³-hybridized carbons (Fsp3) is 1.00. The van der Waals surface area contributed by atoms with Crippen molar-refractivity contribution in [2.24, 2.45) is 11.8 Å². The first-order chi connectivity index (χ1) is 6.79. The molecule has 0 saturated carbocycles. The molecule has 0 aliphatic heterocycles. The zero-order valence-electron chi connectivity index (χ0n) is 10.2. The Morgan fingerprint density at radius 1 is 0.857 bits per heavy atom. The van der Waals surface area contributed by atoms with E-state index in [1.54, 1.807) is 0 Å². The van der Waals surface area contributed by atoms with Gasteiger partial charge in [-0.3, -0.25) is 4.39 Å². The molecule has 0 amide bonds. The lowest BCUT2D eigenvalue weighted by molar-refractivity contribution is 0.222. The van der Waals surface area contributed by atoms with Gasteiger partial charge in [0.25, 0.3) is 0 Å². The highest BCUT2D eigenvalue weighted by molar-refractivity contribution is 4.68. The Morgan fingerprint density at radius 2 is 1.57 bits per heavy atom. The van der Waals surface area contributed by atoms with Gasteiger partial charge in [0.05, 0.1) is 6.67 Å². The zero-order chi connectivity index (χ0) is 10.8. The van der Waals surface area contributed by atoms with E-state index >= 15 is 0 Å². The predicted molar refractivity (Wildman–Crippen MR) is 62.3 cm³/mol. The molecule has 86 valence electrons. The maximum absolute atomic E-state index is 12.8. The minimum Gasteiger partial charge on any atom is -0.251 e. The van der Waals surface area contributed by atoms with Gasteiger partial charge in [-0.25, -0.2) is 0 Å². The first kappa shape index (κ1) is 13.9. The summed E-state index contributed by atoms with van der Waals surface area (Å²) in [6, 6.07) is 0. The lowest BCUT2D eigenvalue weighted by atomic mass is 9.84. The molecule has 0 aromatic heterocycles. The van der Waals surface area contributed by atoms with Gasteiger partial charge in [-0.05, 0) is 18.3 Å². The van der Waals surface area contributed by atoms with Crippen molar-refractivity contribution >= 4 is 0 Å². The van der Waals surface area contributed by atoms with Crippen LogP contribution in [0.15, 0.2) is 0 Å². The molecule has 0 fully saturated rings. The maximum atomic E-state index is 12.8. The van der Waals surface area contributed by atoms with Crippen LogP contribution in [0.1, 0.15) is 65.7 Å². The summed E-state index contributed by atoms with van der Waals surface area (Å²) in [6.45, 7) is 6.47. The van der Waals surface area contributed by atoms with Crippen molar-refractivity contribution in [3.05, 3.63) is 0 Å². The summed E-state index contributed by atoms with van der Waals surface area (Å²) in [5.41, 5.74) is 0. The average Bonchev–Trinajstić information content (AvgIpc) is 2.22. The lowest BCUT2D eigenvalue weighted by Crippen LogP contribution is -2.16. The van der Waals surface area contributed by atoms with E-state index in [2.05, 4.69) is 20.8 Å². The number of halogens is 1. The molecule has 0 saturated heterocycles. The van der Waals surface area contributed by atoms with E-state index in [0.717, 1.165) is 19.3 Å². The Balaban J connectivity index is 3.81. The van der Waals surface area contributed by atoms with Crippen molar-refractivity contribution in [3.63, 3.8) is 0 Å². The highest BCUT2D eigenvalue weighted by Gasteiger charge is 2.18. The van der Waals surface area contributed by atoms with Gasteiger partial charge in [-0.15, -0.1) is 0 Å². The van der Waals surface area contributed by atoms with Crippen molar-refractivity contribution in [3.8, 4) is 0 Å². The number of rotatable bonds is 9. The summed E-state index contributed by atoms with van der Waals surface area (Å²) >= 11 is 0. The van der Waals surface area contributed by atoms with E-state index < -0.39 is 0 Å². The second kappa shape index (κ2) is 9.48. The molecule has 0 N–H and O–H groups in total. The van der Waals surface area contributed by atoms with Gasteiger partial charge >= 0.3 is 0 Å². The number of hydrogen-bond acceptors (Lipinski definition) is 0. The topological polar surface area (TPSA) is 0 Å². The van der Waals surface area contributed by atoms with Gasteiger partial charge in [0.2, 0.25) is 0 Å². The monoisotopic (exact) mass is 202 g/mol. The van der Waals surface area contributed by atoms with Crippen molar-refractivity contribution in [2.45, 2.75) is 65.7 Å². The largest absolute Gasteiger partial charge is 0.251 e. The normalized spacial score (nSPS) is 15.4. The van der Waals surface area contributed by atoms with E-state index in [4.69, 9.17) is 0 Å². The third-order valence-electron chi connectivity index (χ3n) is 3.23. The molecular weight excluding hydrogens is 175 g/mol. The molecule has 14 heavy (non-hydrogen) atoms. The Hall–Kier alpha value is -0.0700. The van der Waals surface area contributed by atoms with Gasteiger partial charge in [-0.2, -0.15) is 0 Å². The van der Waals surface area contributed by atoms with Crippen LogP contribution in [-0.2, 0) is 0 Å². The Morgan fingerprint density at radius 3 is 2.00 bits per heavy atom. The summed E-state index contributed by atoms with van der Waals surface area (Å²) < 4.78 is 12.8. The maximum Gasteiger partial charge on any atom is 0.0925 e. The average molecular weight is 202 g/mol. The Bertz CT molecular complexity index is 112.